The number of nitrogens with two attached hydrogens (primary N) is 1. The quantitative estimate of drug-likeness (QED) is 0.0411. The summed E-state index contributed by atoms with van der Waals surface area (Å²) in [6.45, 7) is 11.4. The number of ketones is 1. The van der Waals surface area contributed by atoms with Gasteiger partial charge in [0, 0.05) is 83.2 Å². The molecule has 1 aliphatic rings. The monoisotopic (exact) mass is 967 g/mol. The predicted octanol–water partition coefficient (Wildman–Crippen LogP) is 8.52. The van der Waals surface area contributed by atoms with Gasteiger partial charge >= 0.3 is 12.1 Å². The molecule has 2 amide bonds. The van der Waals surface area contributed by atoms with Crippen molar-refractivity contribution in [2.45, 2.75) is 129 Å². The van der Waals surface area contributed by atoms with Crippen LogP contribution in [0.4, 0.5) is 4.79 Å². The maximum Gasteiger partial charge on any atom is 0.404 e. The van der Waals surface area contributed by atoms with Crippen LogP contribution in [0.15, 0.2) is 55.5 Å². The summed E-state index contributed by atoms with van der Waals surface area (Å²) in [6.07, 6.45) is 8.53. The molecule has 0 aliphatic carbocycles. The molecule has 3 aromatic heterocycles. The molecule has 0 saturated carbocycles. The highest BCUT2D eigenvalue weighted by atomic mass is 16.6. The number of methoxy groups -OCH3 is 4. The normalized spacial score (nSPS) is 25.6. The van der Waals surface area contributed by atoms with Crippen molar-refractivity contribution in [3.8, 4) is 23.2 Å². The summed E-state index contributed by atoms with van der Waals surface area (Å²) in [5.74, 6) is -1.90. The third-order valence-corrected chi connectivity index (χ3v) is 13.0. The van der Waals surface area contributed by atoms with Crippen molar-refractivity contribution in [3.63, 3.8) is 0 Å². The van der Waals surface area contributed by atoms with Gasteiger partial charge in [0.1, 0.15) is 48.6 Å². The molecule has 13 atom stereocenters. The summed E-state index contributed by atoms with van der Waals surface area (Å²) in [6, 6.07) is -0.634. The Bertz CT molecular complexity index is 2200. The number of ether oxygens (including phenoxy) is 6. The van der Waals surface area contributed by atoms with Gasteiger partial charge in [-0.15, -0.1) is 0 Å². The van der Waals surface area contributed by atoms with Crippen molar-refractivity contribution < 1.29 is 60.9 Å². The van der Waals surface area contributed by atoms with Gasteiger partial charge in [-0.05, 0) is 55.0 Å². The van der Waals surface area contributed by atoms with Crippen LogP contribution in [0.3, 0.4) is 0 Å². The molecule has 4 heterocycles. The number of carbonyl (C=O) groups is 4. The van der Waals surface area contributed by atoms with Gasteiger partial charge in [0.2, 0.25) is 24.1 Å². The largest absolute Gasteiger partial charge is 0.462 e. The summed E-state index contributed by atoms with van der Waals surface area (Å²) in [5, 5.41) is 4.11. The van der Waals surface area contributed by atoms with E-state index in [0.717, 1.165) is 0 Å². The van der Waals surface area contributed by atoms with Crippen molar-refractivity contribution in [2.75, 3.05) is 35.5 Å². The van der Waals surface area contributed by atoms with Crippen molar-refractivity contribution >= 4 is 30.3 Å². The average Bonchev–Trinajstić information content (AvgIpc) is 4.12. The molecule has 21 nitrogen and oxygen atoms in total. The number of Topliss-reactive ketones (excluding diaryl/α,β-unsaturated/α-hetero) is 1. The van der Waals surface area contributed by atoms with Crippen LogP contribution in [0, 0.1) is 35.5 Å². The Morgan fingerprint density at radius 1 is 0.971 bits per heavy atom. The topological polar surface area (TPSA) is 280 Å². The number of hydrogen-bond acceptors (Lipinski definition) is 17. The van der Waals surface area contributed by atoms with Gasteiger partial charge < -0.3 is 52.3 Å². The predicted molar refractivity (Wildman–Crippen MR) is 251 cm³/mol. The van der Waals surface area contributed by atoms with Crippen LogP contribution in [0.25, 0.3) is 39.7 Å². The van der Waals surface area contributed by atoms with Crippen molar-refractivity contribution in [1.29, 1.82) is 0 Å². The number of cyclic esters (lactones) is 1. The Hall–Kier alpha value is -5.86. The molecule has 4 rings (SSSR count). The fourth-order valence-corrected chi connectivity index (χ4v) is 8.91. The minimum atomic E-state index is -1.07. The smallest absolute Gasteiger partial charge is 0.404 e. The summed E-state index contributed by atoms with van der Waals surface area (Å²) < 4.78 is 52.7. The lowest BCUT2D eigenvalue weighted by atomic mass is 9.84. The third kappa shape index (κ3) is 16.1. The highest BCUT2D eigenvalue weighted by molar-refractivity contribution is 5.81. The van der Waals surface area contributed by atoms with E-state index in [1.54, 1.807) is 40.7 Å². The van der Waals surface area contributed by atoms with Gasteiger partial charge in [0.05, 0.1) is 24.7 Å². The number of oxazole rings is 3. The van der Waals surface area contributed by atoms with Crippen molar-refractivity contribution in [1.82, 2.24) is 19.9 Å². The highest BCUT2D eigenvalue weighted by Gasteiger charge is 2.36. The van der Waals surface area contributed by atoms with Crippen molar-refractivity contribution in [3.05, 3.63) is 59.2 Å². The minimum absolute atomic E-state index is 0.0131. The lowest BCUT2D eigenvalue weighted by Gasteiger charge is -2.34. The molecule has 6 bridgehead atoms. The Morgan fingerprint density at radius 2 is 1.67 bits per heavy atom. The highest BCUT2D eigenvalue weighted by Crippen LogP contribution is 2.35. The van der Waals surface area contributed by atoms with Crippen LogP contribution in [0.2, 0.25) is 0 Å². The van der Waals surface area contributed by atoms with Crippen LogP contribution in [-0.2, 0) is 42.8 Å². The number of primary amides is 1. The van der Waals surface area contributed by atoms with Gasteiger partial charge in [-0.25, -0.2) is 19.7 Å². The Balaban J connectivity index is 1.64. The molecule has 380 valence electrons. The molecule has 0 aromatic carbocycles. The number of aromatic nitrogens is 3. The Kier molecular flexibility index (Phi) is 22.1. The second kappa shape index (κ2) is 27.4. The molecule has 0 fully saturated rings. The molecule has 3 aromatic rings. The van der Waals surface area contributed by atoms with E-state index >= 15 is 0 Å². The number of esters is 1. The maximum absolute atomic E-state index is 14.1. The van der Waals surface area contributed by atoms with E-state index in [1.165, 1.54) is 30.8 Å². The van der Waals surface area contributed by atoms with Gasteiger partial charge in [0.25, 0.3) is 0 Å². The summed E-state index contributed by atoms with van der Waals surface area (Å²) in [4.78, 5) is 69.1. The Labute approximate surface area is 403 Å². The number of nitrogens with zero attached hydrogens (tertiary/aromatic N) is 7. The maximum atomic E-state index is 14.1. The molecule has 21 heteroatoms. The zero-order valence-electron chi connectivity index (χ0n) is 41.6. The molecule has 1 aliphatic heterocycles. The van der Waals surface area contributed by atoms with E-state index < -0.39 is 72.5 Å². The first-order chi connectivity index (χ1) is 33.0. The zero-order chi connectivity index (χ0) is 50.8. The summed E-state index contributed by atoms with van der Waals surface area (Å²) >= 11 is 0. The Morgan fingerprint density at radius 3 is 2.32 bits per heavy atom. The van der Waals surface area contributed by atoms with Gasteiger partial charge in [-0.1, -0.05) is 58.8 Å². The zero-order valence-corrected chi connectivity index (χ0v) is 41.6. The molecule has 2 N–H and O–H groups in total. The van der Waals surface area contributed by atoms with Crippen LogP contribution in [0.5, 0.6) is 0 Å². The van der Waals surface area contributed by atoms with E-state index in [4.69, 9.17) is 47.4 Å². The van der Waals surface area contributed by atoms with Crippen LogP contribution < -0.4 is 5.73 Å². The van der Waals surface area contributed by atoms with E-state index in [2.05, 4.69) is 25.0 Å². The van der Waals surface area contributed by atoms with Crippen LogP contribution in [-0.4, -0.2) is 116 Å². The number of amides is 2. The third-order valence-electron chi connectivity index (χ3n) is 13.0. The first-order valence-corrected chi connectivity index (χ1v) is 23.2. The number of carbonyl (C=O) groups excluding carboxylic acids is 4. The van der Waals surface area contributed by atoms with E-state index in [-0.39, 0.29) is 66.9 Å². The second-order valence-electron chi connectivity index (χ2n) is 18.1. The van der Waals surface area contributed by atoms with Gasteiger partial charge in [0.15, 0.2) is 11.4 Å². The van der Waals surface area contributed by atoms with E-state index in [0.29, 0.717) is 42.8 Å². The van der Waals surface area contributed by atoms with Gasteiger partial charge in [-0.3, -0.25) is 14.4 Å². The minimum Gasteiger partial charge on any atom is -0.462 e. The van der Waals surface area contributed by atoms with E-state index in [9.17, 15) is 24.7 Å². The first kappa shape index (κ1) is 55.7. The SMILES string of the molecule is COC1c2coc(n2)-c2coc(n2)-c2coc(n2)/C=C/C[C@H](OC)[C@@H](C)[C@H](C[C@H](OC)[C@@H](C)CCC(=O)[C@H](C)[C@@H](OC)[C@H](C)/C=C/N(C)C=O)OC(=O)C[C@@H](OC(N)=O)C[C@H](C)CC(N=[N+]=[N-])[C@@H]1C. The van der Waals surface area contributed by atoms with Gasteiger partial charge in [-0.2, -0.15) is 0 Å². The fourth-order valence-electron chi connectivity index (χ4n) is 8.91. The number of rotatable bonds is 18. The first-order valence-electron chi connectivity index (χ1n) is 23.2. The molecule has 0 spiro atoms. The van der Waals surface area contributed by atoms with E-state index in [1.807, 2.05) is 53.7 Å². The molecular formula is C48H70N8O13. The lowest BCUT2D eigenvalue weighted by molar-refractivity contribution is -0.160. The number of azide groups is 1. The lowest BCUT2D eigenvalue weighted by Crippen LogP contribution is -2.39. The summed E-state index contributed by atoms with van der Waals surface area (Å²) in [5.41, 5.74) is 16.2. The second-order valence-corrected chi connectivity index (χ2v) is 18.1. The standard InChI is InChI=1S/C48H70N8O13/c1-27-19-33(68-48(49)60)21-43(59)69-41(22-40(62-9)28(2)15-16-38(58)31(5)44(63-10)29(3)17-18-56(7)26-57)32(6)39(61-8)13-12-14-42-51-36(24-65-42)46-53-37(25-67-46)47-52-35(23-66-47)45(64-11)30(4)34(20-27)54-55-50/h12,14,17-18,23-34,39-41,44-45H,13,15-16,19-22H2,1-11H3,(H2,49,60)/b14-12+,18-17+/t27-,28-,29+,30-,31-,32+,33-,34?,39-,40-,41-,44-,45?/m0/s1. The van der Waals surface area contributed by atoms with Crippen LogP contribution in [0.1, 0.15) is 104 Å². The molecule has 0 saturated heterocycles. The average molecular weight is 967 g/mol. The number of fused-ring (bicyclic) bond motifs is 8. The molecule has 0 radical (unpaired) electrons. The molecule has 69 heavy (non-hydrogen) atoms. The van der Waals surface area contributed by atoms with Crippen molar-refractivity contribution in [2.24, 2.45) is 46.4 Å². The van der Waals surface area contributed by atoms with Crippen LogP contribution >= 0.6 is 0 Å². The molecular weight excluding hydrogens is 897 g/mol. The fraction of sp³-hybridized carbons (Fsp3) is 0.646. The summed E-state index contributed by atoms with van der Waals surface area (Å²) in [7, 11) is 7.84. The molecule has 2 unspecified atom stereocenters. The number of hydrogen-bond donors (Lipinski definition) is 1.